The van der Waals surface area contributed by atoms with Crippen LogP contribution in [0.2, 0.25) is 0 Å². The van der Waals surface area contributed by atoms with Gasteiger partial charge in [-0.1, -0.05) is 19.1 Å². The zero-order chi connectivity index (χ0) is 11.6. The molecule has 0 saturated carbocycles. The van der Waals surface area contributed by atoms with Crippen molar-refractivity contribution in [2.75, 3.05) is 26.9 Å². The average molecular weight is 224 g/mol. The molecule has 0 spiro atoms. The van der Waals surface area contributed by atoms with Crippen molar-refractivity contribution < 1.29 is 14.2 Å². The van der Waals surface area contributed by atoms with Gasteiger partial charge in [-0.05, 0) is 24.1 Å². The lowest BCUT2D eigenvalue weighted by atomic mass is 10.2. The Morgan fingerprint density at radius 1 is 1.00 bits per heavy atom. The van der Waals surface area contributed by atoms with E-state index in [1.165, 1.54) is 0 Å². The van der Waals surface area contributed by atoms with Crippen LogP contribution in [0.4, 0.5) is 0 Å². The third-order valence-corrected chi connectivity index (χ3v) is 2.10. The second-order valence-corrected chi connectivity index (χ2v) is 3.54. The molecular weight excluding hydrogens is 204 g/mol. The molecule has 1 rings (SSSR count). The Kier molecular flexibility index (Phi) is 6.61. The van der Waals surface area contributed by atoms with E-state index in [4.69, 9.17) is 14.2 Å². The minimum atomic E-state index is 0.622. The summed E-state index contributed by atoms with van der Waals surface area (Å²) in [5.74, 6) is 0.919. The van der Waals surface area contributed by atoms with Crippen LogP contribution in [0.15, 0.2) is 24.3 Å². The van der Waals surface area contributed by atoms with Gasteiger partial charge >= 0.3 is 0 Å². The summed E-state index contributed by atoms with van der Waals surface area (Å²) in [6.07, 6.45) is 1.03. The van der Waals surface area contributed by atoms with Crippen molar-refractivity contribution in [3.8, 4) is 5.75 Å². The first-order valence-corrected chi connectivity index (χ1v) is 5.65. The van der Waals surface area contributed by atoms with Gasteiger partial charge in [0.1, 0.15) is 5.75 Å². The van der Waals surface area contributed by atoms with Crippen LogP contribution in [0.1, 0.15) is 18.9 Å². The molecule has 0 unspecified atom stereocenters. The Balaban J connectivity index is 2.27. The molecule has 1 aromatic rings. The van der Waals surface area contributed by atoms with Crippen LogP contribution in [-0.4, -0.2) is 26.9 Å². The number of benzene rings is 1. The monoisotopic (exact) mass is 224 g/mol. The normalized spacial score (nSPS) is 10.4. The smallest absolute Gasteiger partial charge is 0.119 e. The molecule has 0 heterocycles. The SMILES string of the molecule is CCCOc1ccc(COCCOC)cc1. The highest BCUT2D eigenvalue weighted by molar-refractivity contribution is 5.26. The van der Waals surface area contributed by atoms with Gasteiger partial charge in [-0.25, -0.2) is 0 Å². The van der Waals surface area contributed by atoms with Gasteiger partial charge in [-0.3, -0.25) is 0 Å². The first kappa shape index (κ1) is 13.0. The maximum absolute atomic E-state index is 5.49. The molecule has 0 saturated heterocycles. The van der Waals surface area contributed by atoms with Crippen molar-refractivity contribution in [2.24, 2.45) is 0 Å². The molecule has 16 heavy (non-hydrogen) atoms. The third kappa shape index (κ3) is 5.14. The molecule has 0 N–H and O–H groups in total. The average Bonchev–Trinajstić information content (AvgIpc) is 2.33. The fourth-order valence-electron chi connectivity index (χ4n) is 1.23. The highest BCUT2D eigenvalue weighted by Crippen LogP contribution is 2.12. The summed E-state index contributed by atoms with van der Waals surface area (Å²) < 4.78 is 15.8. The molecule has 0 fully saturated rings. The van der Waals surface area contributed by atoms with Gasteiger partial charge < -0.3 is 14.2 Å². The fourth-order valence-corrected chi connectivity index (χ4v) is 1.23. The van der Waals surface area contributed by atoms with Crippen LogP contribution < -0.4 is 4.74 Å². The van der Waals surface area contributed by atoms with Crippen LogP contribution in [0.3, 0.4) is 0 Å². The summed E-state index contributed by atoms with van der Waals surface area (Å²) in [6.45, 7) is 4.75. The molecule has 0 aliphatic heterocycles. The predicted molar refractivity (Wildman–Crippen MR) is 63.8 cm³/mol. The second kappa shape index (κ2) is 8.13. The molecular formula is C13H20O3. The number of ether oxygens (including phenoxy) is 3. The van der Waals surface area contributed by atoms with E-state index < -0.39 is 0 Å². The van der Waals surface area contributed by atoms with Crippen molar-refractivity contribution in [1.82, 2.24) is 0 Å². The predicted octanol–water partition coefficient (Wildman–Crippen LogP) is 2.64. The van der Waals surface area contributed by atoms with Crippen molar-refractivity contribution in [3.05, 3.63) is 29.8 Å². The Morgan fingerprint density at radius 2 is 1.75 bits per heavy atom. The Hall–Kier alpha value is -1.06. The van der Waals surface area contributed by atoms with Crippen molar-refractivity contribution in [3.63, 3.8) is 0 Å². The van der Waals surface area contributed by atoms with Crippen molar-refractivity contribution in [2.45, 2.75) is 20.0 Å². The number of hydrogen-bond acceptors (Lipinski definition) is 3. The summed E-state index contributed by atoms with van der Waals surface area (Å²) in [5.41, 5.74) is 1.15. The zero-order valence-electron chi connectivity index (χ0n) is 10.1. The number of hydrogen-bond donors (Lipinski definition) is 0. The largest absolute Gasteiger partial charge is 0.494 e. The molecule has 0 bridgehead atoms. The van der Waals surface area contributed by atoms with E-state index in [1.54, 1.807) is 7.11 Å². The van der Waals surface area contributed by atoms with E-state index in [9.17, 15) is 0 Å². The summed E-state index contributed by atoms with van der Waals surface area (Å²) in [4.78, 5) is 0. The maximum Gasteiger partial charge on any atom is 0.119 e. The first-order valence-electron chi connectivity index (χ1n) is 5.65. The Morgan fingerprint density at radius 3 is 2.38 bits per heavy atom. The molecule has 3 heteroatoms. The van der Waals surface area contributed by atoms with E-state index in [1.807, 2.05) is 24.3 Å². The molecule has 0 radical (unpaired) electrons. The standard InChI is InChI=1S/C13H20O3/c1-3-8-16-13-6-4-12(5-7-13)11-15-10-9-14-2/h4-7H,3,8-11H2,1-2H3. The van der Waals surface area contributed by atoms with Gasteiger partial charge in [0.25, 0.3) is 0 Å². The van der Waals surface area contributed by atoms with E-state index in [0.29, 0.717) is 19.8 Å². The van der Waals surface area contributed by atoms with E-state index in [0.717, 1.165) is 24.3 Å². The van der Waals surface area contributed by atoms with Gasteiger partial charge in [0.15, 0.2) is 0 Å². The van der Waals surface area contributed by atoms with Gasteiger partial charge in [0.05, 0.1) is 26.4 Å². The Labute approximate surface area is 97.3 Å². The Bertz CT molecular complexity index is 269. The van der Waals surface area contributed by atoms with E-state index >= 15 is 0 Å². The highest BCUT2D eigenvalue weighted by atomic mass is 16.5. The number of methoxy groups -OCH3 is 1. The lowest BCUT2D eigenvalue weighted by Crippen LogP contribution is -2.01. The topological polar surface area (TPSA) is 27.7 Å². The molecule has 0 amide bonds. The van der Waals surface area contributed by atoms with E-state index in [-0.39, 0.29) is 0 Å². The highest BCUT2D eigenvalue weighted by Gasteiger charge is 1.95. The molecule has 0 aliphatic rings. The summed E-state index contributed by atoms with van der Waals surface area (Å²) in [6, 6.07) is 8.00. The summed E-state index contributed by atoms with van der Waals surface area (Å²) in [5, 5.41) is 0. The zero-order valence-corrected chi connectivity index (χ0v) is 10.1. The lowest BCUT2D eigenvalue weighted by Gasteiger charge is -2.06. The van der Waals surface area contributed by atoms with E-state index in [2.05, 4.69) is 6.92 Å². The minimum Gasteiger partial charge on any atom is -0.494 e. The maximum atomic E-state index is 5.49. The third-order valence-electron chi connectivity index (χ3n) is 2.10. The molecule has 3 nitrogen and oxygen atoms in total. The minimum absolute atomic E-state index is 0.622. The number of rotatable bonds is 8. The van der Waals surface area contributed by atoms with Gasteiger partial charge in [0.2, 0.25) is 0 Å². The van der Waals surface area contributed by atoms with Crippen LogP contribution in [-0.2, 0) is 16.1 Å². The second-order valence-electron chi connectivity index (χ2n) is 3.54. The van der Waals surface area contributed by atoms with Crippen LogP contribution in [0.25, 0.3) is 0 Å². The lowest BCUT2D eigenvalue weighted by molar-refractivity contribution is 0.0616. The van der Waals surface area contributed by atoms with Crippen molar-refractivity contribution >= 4 is 0 Å². The molecule has 90 valence electrons. The molecule has 0 atom stereocenters. The summed E-state index contributed by atoms with van der Waals surface area (Å²) >= 11 is 0. The van der Waals surface area contributed by atoms with Crippen molar-refractivity contribution in [1.29, 1.82) is 0 Å². The van der Waals surface area contributed by atoms with Crippen LogP contribution in [0.5, 0.6) is 5.75 Å². The van der Waals surface area contributed by atoms with Gasteiger partial charge in [-0.15, -0.1) is 0 Å². The fraction of sp³-hybridized carbons (Fsp3) is 0.538. The van der Waals surface area contributed by atoms with Gasteiger partial charge in [0, 0.05) is 7.11 Å². The summed E-state index contributed by atoms with van der Waals surface area (Å²) in [7, 11) is 1.67. The first-order chi connectivity index (χ1) is 7.86. The quantitative estimate of drug-likeness (QED) is 0.635. The van der Waals surface area contributed by atoms with Crippen LogP contribution >= 0.6 is 0 Å². The molecule has 0 aromatic heterocycles. The van der Waals surface area contributed by atoms with Gasteiger partial charge in [-0.2, -0.15) is 0 Å². The molecule has 0 aliphatic carbocycles. The van der Waals surface area contributed by atoms with Crippen LogP contribution in [0, 0.1) is 0 Å². The molecule has 1 aromatic carbocycles.